The van der Waals surface area contributed by atoms with E-state index in [-0.39, 0.29) is 11.3 Å². The molecular formula is C16H10FNO3. The molecule has 3 rings (SSSR count). The predicted molar refractivity (Wildman–Crippen MR) is 75.2 cm³/mol. The third kappa shape index (κ3) is 2.53. The minimum Gasteiger partial charge on any atom is -0.478 e. The number of para-hydroxylation sites is 1. The zero-order chi connectivity index (χ0) is 14.8. The molecule has 2 aromatic carbocycles. The molecule has 1 heterocycles. The first-order valence-corrected chi connectivity index (χ1v) is 6.19. The van der Waals surface area contributed by atoms with E-state index in [9.17, 15) is 9.18 Å². The highest BCUT2D eigenvalue weighted by molar-refractivity contribution is 5.91. The molecule has 0 aliphatic rings. The second-order valence-corrected chi connectivity index (χ2v) is 4.37. The van der Waals surface area contributed by atoms with Gasteiger partial charge in [0.2, 0.25) is 0 Å². The van der Waals surface area contributed by atoms with E-state index in [0.717, 1.165) is 23.0 Å². The number of rotatable bonds is 3. The van der Waals surface area contributed by atoms with E-state index in [1.165, 1.54) is 6.07 Å². The summed E-state index contributed by atoms with van der Waals surface area (Å²) in [6.07, 6.45) is 1.57. The van der Waals surface area contributed by atoms with Crippen molar-refractivity contribution in [3.63, 3.8) is 0 Å². The Bertz CT molecular complexity index is 827. The normalized spacial score (nSPS) is 10.5. The summed E-state index contributed by atoms with van der Waals surface area (Å²) in [5.41, 5.74) is 0.505. The van der Waals surface area contributed by atoms with Crippen LogP contribution in [0.3, 0.4) is 0 Å². The van der Waals surface area contributed by atoms with Crippen molar-refractivity contribution in [2.24, 2.45) is 0 Å². The Kier molecular flexibility index (Phi) is 3.23. The maximum absolute atomic E-state index is 13.2. The number of carbonyl (C=O) groups is 1. The Morgan fingerprint density at radius 3 is 2.71 bits per heavy atom. The number of carboxylic acid groups (broad SMARTS) is 1. The summed E-state index contributed by atoms with van der Waals surface area (Å²) in [5.74, 6) is -1.32. The highest BCUT2D eigenvalue weighted by atomic mass is 19.1. The lowest BCUT2D eigenvalue weighted by Gasteiger charge is -2.10. The maximum atomic E-state index is 13.2. The van der Waals surface area contributed by atoms with Crippen molar-refractivity contribution in [3.05, 3.63) is 66.1 Å². The molecule has 4 nitrogen and oxygen atoms in total. The van der Waals surface area contributed by atoms with Gasteiger partial charge in [-0.25, -0.2) is 9.18 Å². The van der Waals surface area contributed by atoms with Gasteiger partial charge in [-0.15, -0.1) is 0 Å². The number of hydrogen-bond donors (Lipinski definition) is 1. The first-order valence-electron chi connectivity index (χ1n) is 6.19. The van der Waals surface area contributed by atoms with Crippen molar-refractivity contribution in [3.8, 4) is 11.5 Å². The van der Waals surface area contributed by atoms with E-state index >= 15 is 0 Å². The summed E-state index contributed by atoms with van der Waals surface area (Å²) in [6.45, 7) is 0. The van der Waals surface area contributed by atoms with Gasteiger partial charge in [0.1, 0.15) is 22.9 Å². The van der Waals surface area contributed by atoms with Gasteiger partial charge in [0.15, 0.2) is 0 Å². The number of nitrogens with zero attached hydrogens (tertiary/aromatic N) is 1. The van der Waals surface area contributed by atoms with Gasteiger partial charge in [-0.2, -0.15) is 0 Å². The monoisotopic (exact) mass is 283 g/mol. The second-order valence-electron chi connectivity index (χ2n) is 4.37. The molecule has 0 saturated carbocycles. The minimum atomic E-state index is -1.25. The Morgan fingerprint density at radius 1 is 1.10 bits per heavy atom. The maximum Gasteiger partial charge on any atom is 0.339 e. The number of aromatic nitrogens is 1. The molecule has 0 bridgehead atoms. The quantitative estimate of drug-likeness (QED) is 0.792. The molecular weight excluding hydrogens is 273 g/mol. The zero-order valence-corrected chi connectivity index (χ0v) is 10.8. The summed E-state index contributed by atoms with van der Waals surface area (Å²) in [4.78, 5) is 15.4. The molecule has 21 heavy (non-hydrogen) atoms. The van der Waals surface area contributed by atoms with E-state index in [2.05, 4.69) is 4.98 Å². The third-order valence-electron chi connectivity index (χ3n) is 3.00. The van der Waals surface area contributed by atoms with E-state index < -0.39 is 11.8 Å². The van der Waals surface area contributed by atoms with Crippen LogP contribution in [0.25, 0.3) is 10.9 Å². The molecule has 0 aliphatic heterocycles. The van der Waals surface area contributed by atoms with Gasteiger partial charge in [-0.3, -0.25) is 4.98 Å². The molecule has 1 N–H and O–H groups in total. The molecule has 0 atom stereocenters. The van der Waals surface area contributed by atoms with Gasteiger partial charge in [0.25, 0.3) is 0 Å². The lowest BCUT2D eigenvalue weighted by atomic mass is 10.2. The summed E-state index contributed by atoms with van der Waals surface area (Å²) >= 11 is 0. The van der Waals surface area contributed by atoms with Crippen molar-refractivity contribution in [1.29, 1.82) is 0 Å². The Hall–Kier alpha value is -2.95. The molecule has 1 aromatic heterocycles. The molecule has 104 valence electrons. The van der Waals surface area contributed by atoms with Gasteiger partial charge < -0.3 is 9.84 Å². The number of halogens is 1. The average molecular weight is 283 g/mol. The molecule has 0 spiro atoms. The first-order chi connectivity index (χ1) is 10.1. The summed E-state index contributed by atoms with van der Waals surface area (Å²) in [6, 6.07) is 12.4. The van der Waals surface area contributed by atoms with Crippen LogP contribution in [0.2, 0.25) is 0 Å². The fraction of sp³-hybridized carbons (Fsp3) is 0. The van der Waals surface area contributed by atoms with Crippen LogP contribution in [-0.2, 0) is 0 Å². The number of ether oxygens (including phenoxy) is 1. The van der Waals surface area contributed by atoms with E-state index in [0.29, 0.717) is 5.75 Å². The zero-order valence-electron chi connectivity index (χ0n) is 10.8. The van der Waals surface area contributed by atoms with Crippen LogP contribution in [0.15, 0.2) is 54.7 Å². The van der Waals surface area contributed by atoms with Crippen molar-refractivity contribution in [1.82, 2.24) is 4.98 Å². The Morgan fingerprint density at radius 2 is 1.90 bits per heavy atom. The van der Waals surface area contributed by atoms with Gasteiger partial charge in [0, 0.05) is 11.6 Å². The smallest absolute Gasteiger partial charge is 0.339 e. The summed E-state index contributed by atoms with van der Waals surface area (Å²) in [5, 5.41) is 9.87. The van der Waals surface area contributed by atoms with E-state index in [1.807, 2.05) is 24.3 Å². The van der Waals surface area contributed by atoms with Crippen LogP contribution < -0.4 is 4.74 Å². The van der Waals surface area contributed by atoms with Crippen LogP contribution >= 0.6 is 0 Å². The van der Waals surface area contributed by atoms with Crippen LogP contribution in [0.5, 0.6) is 11.5 Å². The lowest BCUT2D eigenvalue weighted by Crippen LogP contribution is -2.01. The average Bonchev–Trinajstić information content (AvgIpc) is 2.49. The Balaban J connectivity index is 2.09. The highest BCUT2D eigenvalue weighted by Crippen LogP contribution is 2.31. The van der Waals surface area contributed by atoms with Gasteiger partial charge >= 0.3 is 5.97 Å². The van der Waals surface area contributed by atoms with Crippen LogP contribution in [0.4, 0.5) is 4.39 Å². The number of carboxylic acids is 1. The van der Waals surface area contributed by atoms with Gasteiger partial charge in [-0.1, -0.05) is 12.1 Å². The predicted octanol–water partition coefficient (Wildman–Crippen LogP) is 3.86. The van der Waals surface area contributed by atoms with Crippen LogP contribution in [0, 0.1) is 5.82 Å². The van der Waals surface area contributed by atoms with E-state index in [1.54, 1.807) is 12.3 Å². The van der Waals surface area contributed by atoms with Gasteiger partial charge in [0.05, 0.1) is 5.52 Å². The molecule has 0 aliphatic carbocycles. The summed E-state index contributed by atoms with van der Waals surface area (Å²) in [7, 11) is 0. The molecule has 0 fully saturated rings. The fourth-order valence-electron chi connectivity index (χ4n) is 2.04. The van der Waals surface area contributed by atoms with E-state index in [4.69, 9.17) is 9.84 Å². The third-order valence-corrected chi connectivity index (χ3v) is 3.00. The minimum absolute atomic E-state index is 0.0836. The second kappa shape index (κ2) is 5.20. The van der Waals surface area contributed by atoms with Crippen molar-refractivity contribution in [2.75, 3.05) is 0 Å². The number of hydrogen-bond acceptors (Lipinski definition) is 3. The number of pyridine rings is 1. The van der Waals surface area contributed by atoms with Crippen molar-refractivity contribution in [2.45, 2.75) is 0 Å². The molecule has 0 unspecified atom stereocenters. The summed E-state index contributed by atoms with van der Waals surface area (Å²) < 4.78 is 18.8. The number of fused-ring (bicyclic) bond motifs is 1. The SMILES string of the molecule is O=C(O)c1cc(F)ccc1Oc1ccnc2ccccc12. The molecule has 5 heteroatoms. The first kappa shape index (κ1) is 13.1. The standard InChI is InChI=1S/C16H10FNO3/c17-10-5-6-14(12(9-10)16(19)20)21-15-7-8-18-13-4-2-1-3-11(13)15/h1-9H,(H,19,20). The number of benzene rings is 2. The fourth-order valence-corrected chi connectivity index (χ4v) is 2.04. The van der Waals surface area contributed by atoms with Crippen LogP contribution in [-0.4, -0.2) is 16.1 Å². The molecule has 0 saturated heterocycles. The molecule has 3 aromatic rings. The number of aromatic carboxylic acids is 1. The van der Waals surface area contributed by atoms with Crippen molar-refractivity contribution < 1.29 is 19.0 Å². The molecule has 0 amide bonds. The highest BCUT2D eigenvalue weighted by Gasteiger charge is 2.14. The van der Waals surface area contributed by atoms with Crippen molar-refractivity contribution >= 4 is 16.9 Å². The molecule has 0 radical (unpaired) electrons. The van der Waals surface area contributed by atoms with Gasteiger partial charge in [-0.05, 0) is 36.4 Å². The topological polar surface area (TPSA) is 59.4 Å². The Labute approximate surface area is 119 Å². The largest absolute Gasteiger partial charge is 0.478 e. The lowest BCUT2D eigenvalue weighted by molar-refractivity contribution is 0.0693. The van der Waals surface area contributed by atoms with Crippen LogP contribution in [0.1, 0.15) is 10.4 Å².